The fourth-order valence-electron chi connectivity index (χ4n) is 2.60. The van der Waals surface area contributed by atoms with Crippen molar-refractivity contribution in [2.45, 2.75) is 31.2 Å². The van der Waals surface area contributed by atoms with E-state index in [0.717, 1.165) is 18.1 Å². The lowest BCUT2D eigenvalue weighted by Crippen LogP contribution is -2.24. The molecule has 156 valence electrons. The minimum absolute atomic E-state index is 0.131. The van der Waals surface area contributed by atoms with E-state index in [0.29, 0.717) is 25.2 Å². The molecule has 2 aromatic carbocycles. The van der Waals surface area contributed by atoms with Crippen LogP contribution in [0.5, 0.6) is 0 Å². The van der Waals surface area contributed by atoms with Crippen LogP contribution in [0.2, 0.25) is 0 Å². The maximum absolute atomic E-state index is 12.3. The number of nitrogens with one attached hydrogen (secondary N) is 2. The molecule has 9 heteroatoms. The average Bonchev–Trinajstić information content (AvgIpc) is 2.69. The summed E-state index contributed by atoms with van der Waals surface area (Å²) in [5.74, 6) is 0. The molecule has 0 aliphatic carbocycles. The van der Waals surface area contributed by atoms with E-state index in [1.165, 1.54) is 12.1 Å². The molecule has 2 rings (SSSR count). The van der Waals surface area contributed by atoms with Gasteiger partial charge in [0.1, 0.15) is 5.69 Å². The number of hydrogen-bond donors (Lipinski definition) is 2. The quantitative estimate of drug-likeness (QED) is 0.325. The molecule has 0 spiro atoms. The molecule has 0 aromatic heterocycles. The van der Waals surface area contributed by atoms with Gasteiger partial charge in [0.05, 0.1) is 9.82 Å². The van der Waals surface area contributed by atoms with Gasteiger partial charge in [-0.25, -0.2) is 13.1 Å². The number of nitro benzene ring substituents is 1. The molecule has 2 aromatic rings. The predicted octanol–water partition coefficient (Wildman–Crippen LogP) is 3.99. The number of anilines is 2. The van der Waals surface area contributed by atoms with Crippen LogP contribution >= 0.6 is 0 Å². The molecule has 29 heavy (non-hydrogen) atoms. The van der Waals surface area contributed by atoms with Crippen LogP contribution in [0.15, 0.2) is 60.1 Å². The first-order valence-electron chi connectivity index (χ1n) is 9.23. The van der Waals surface area contributed by atoms with Crippen LogP contribution in [0.1, 0.15) is 25.3 Å². The number of unbranched alkanes of at least 4 members (excludes halogenated alkanes) is 1. The molecule has 0 saturated carbocycles. The minimum atomic E-state index is -3.79. The molecule has 0 aliphatic rings. The third-order valence-corrected chi connectivity index (χ3v) is 5.73. The number of nitro groups is 1. The van der Waals surface area contributed by atoms with E-state index in [-0.39, 0.29) is 16.3 Å². The smallest absolute Gasteiger partial charge is 0.294 e. The van der Waals surface area contributed by atoms with E-state index in [1.807, 2.05) is 43.1 Å². The van der Waals surface area contributed by atoms with E-state index >= 15 is 0 Å². The summed E-state index contributed by atoms with van der Waals surface area (Å²) < 4.78 is 27.1. The summed E-state index contributed by atoms with van der Waals surface area (Å²) in [6, 6.07) is 11.3. The van der Waals surface area contributed by atoms with E-state index in [9.17, 15) is 18.5 Å². The number of nitrogens with zero attached hydrogens (tertiary/aromatic N) is 2. The monoisotopic (exact) mass is 418 g/mol. The maximum Gasteiger partial charge on any atom is 0.294 e. The Bertz CT molecular complexity index is 959. The summed E-state index contributed by atoms with van der Waals surface area (Å²) >= 11 is 0. The second-order valence-corrected chi connectivity index (χ2v) is 8.37. The lowest BCUT2D eigenvalue weighted by atomic mass is 10.2. The van der Waals surface area contributed by atoms with Crippen LogP contribution in [0.4, 0.5) is 17.1 Å². The van der Waals surface area contributed by atoms with Gasteiger partial charge in [0.25, 0.3) is 5.69 Å². The third-order valence-electron chi connectivity index (χ3n) is 4.28. The van der Waals surface area contributed by atoms with E-state index < -0.39 is 14.9 Å². The molecule has 0 bridgehead atoms. The number of sulfonamides is 1. The highest BCUT2D eigenvalue weighted by molar-refractivity contribution is 7.89. The van der Waals surface area contributed by atoms with Gasteiger partial charge in [0.15, 0.2) is 0 Å². The Kier molecular flexibility index (Phi) is 7.74. The van der Waals surface area contributed by atoms with Crippen molar-refractivity contribution in [1.82, 2.24) is 9.62 Å². The second kappa shape index (κ2) is 10.0. The van der Waals surface area contributed by atoms with Crippen molar-refractivity contribution < 1.29 is 13.3 Å². The van der Waals surface area contributed by atoms with Crippen LogP contribution in [0, 0.1) is 10.1 Å². The molecule has 2 N–H and O–H groups in total. The van der Waals surface area contributed by atoms with Gasteiger partial charge in [0, 0.05) is 31.9 Å². The Labute approximate surface area is 171 Å². The second-order valence-electron chi connectivity index (χ2n) is 6.61. The summed E-state index contributed by atoms with van der Waals surface area (Å²) in [5.41, 5.74) is 1.64. The van der Waals surface area contributed by atoms with Gasteiger partial charge in [-0.05, 0) is 42.4 Å². The molecule has 0 atom stereocenters. The van der Waals surface area contributed by atoms with Gasteiger partial charge < -0.3 is 10.2 Å². The summed E-state index contributed by atoms with van der Waals surface area (Å²) in [7, 11) is -1.88. The van der Waals surface area contributed by atoms with Crippen LogP contribution in [0.25, 0.3) is 0 Å². The summed E-state index contributed by atoms with van der Waals surface area (Å²) in [4.78, 5) is 12.7. The minimum Gasteiger partial charge on any atom is -0.377 e. The Morgan fingerprint density at radius 2 is 1.90 bits per heavy atom. The van der Waals surface area contributed by atoms with Crippen molar-refractivity contribution in [3.8, 4) is 0 Å². The molecule has 0 saturated heterocycles. The van der Waals surface area contributed by atoms with Gasteiger partial charge in [-0.1, -0.05) is 32.1 Å². The largest absolute Gasteiger partial charge is 0.377 e. The van der Waals surface area contributed by atoms with Crippen LogP contribution in [-0.2, 0) is 16.6 Å². The molecule has 0 radical (unpaired) electrons. The van der Waals surface area contributed by atoms with Crippen molar-refractivity contribution in [3.05, 3.63) is 70.9 Å². The topological polar surface area (TPSA) is 105 Å². The van der Waals surface area contributed by atoms with Crippen molar-refractivity contribution in [3.63, 3.8) is 0 Å². The van der Waals surface area contributed by atoms with Gasteiger partial charge >= 0.3 is 0 Å². The molecule has 0 amide bonds. The Hall–Kier alpha value is -2.91. The number of benzene rings is 2. The molecule has 0 aliphatic heterocycles. The third kappa shape index (κ3) is 6.30. The molecule has 8 nitrogen and oxygen atoms in total. The fourth-order valence-corrected chi connectivity index (χ4v) is 3.70. The van der Waals surface area contributed by atoms with Gasteiger partial charge in [-0.15, -0.1) is 0 Å². The van der Waals surface area contributed by atoms with Crippen molar-refractivity contribution in [2.24, 2.45) is 0 Å². The van der Waals surface area contributed by atoms with Gasteiger partial charge in [-0.3, -0.25) is 10.1 Å². The lowest BCUT2D eigenvalue weighted by Gasteiger charge is -2.14. The first-order valence-corrected chi connectivity index (χ1v) is 10.7. The van der Waals surface area contributed by atoms with Gasteiger partial charge in [0.2, 0.25) is 10.0 Å². The highest BCUT2D eigenvalue weighted by atomic mass is 32.2. The Morgan fingerprint density at radius 1 is 1.21 bits per heavy atom. The van der Waals surface area contributed by atoms with Gasteiger partial charge in [-0.2, -0.15) is 0 Å². The summed E-state index contributed by atoms with van der Waals surface area (Å²) in [6.45, 7) is 6.64. The standard InChI is InChI=1S/C20H26N4O4S/c1-4-6-13-21-29(27,28)18-11-12-19(20(14-18)24(25)26)22-17-9-7-16(8-10-17)15-23(3)5-2/h5,7-12,14,21-22H,2,4,6,13,15H2,1,3H3. The normalized spacial score (nSPS) is 11.1. The zero-order chi connectivity index (χ0) is 21.4. The maximum atomic E-state index is 12.3. The molecule has 0 unspecified atom stereocenters. The molecule has 0 heterocycles. The number of hydrogen-bond acceptors (Lipinski definition) is 6. The SMILES string of the molecule is C=CN(C)Cc1ccc(Nc2ccc(S(=O)(=O)NCCCC)cc2[N+](=O)[O-])cc1. The fraction of sp³-hybridized carbons (Fsp3) is 0.300. The Balaban J connectivity index is 2.23. The molecular weight excluding hydrogens is 392 g/mol. The van der Waals surface area contributed by atoms with Crippen LogP contribution < -0.4 is 10.0 Å². The number of rotatable bonds is 11. The van der Waals surface area contributed by atoms with Crippen molar-refractivity contribution >= 4 is 27.1 Å². The highest BCUT2D eigenvalue weighted by Crippen LogP contribution is 2.30. The zero-order valence-electron chi connectivity index (χ0n) is 16.6. The van der Waals surface area contributed by atoms with Crippen molar-refractivity contribution in [1.29, 1.82) is 0 Å². The van der Waals surface area contributed by atoms with Crippen LogP contribution in [0.3, 0.4) is 0 Å². The van der Waals surface area contributed by atoms with E-state index in [4.69, 9.17) is 0 Å². The predicted molar refractivity (Wildman–Crippen MR) is 115 cm³/mol. The van der Waals surface area contributed by atoms with Crippen molar-refractivity contribution in [2.75, 3.05) is 18.9 Å². The first kappa shape index (κ1) is 22.4. The zero-order valence-corrected chi connectivity index (χ0v) is 17.4. The Morgan fingerprint density at radius 3 is 2.48 bits per heavy atom. The van der Waals surface area contributed by atoms with E-state index in [2.05, 4.69) is 16.6 Å². The summed E-state index contributed by atoms with van der Waals surface area (Å²) in [5, 5.41) is 14.5. The first-order chi connectivity index (χ1) is 13.8. The average molecular weight is 419 g/mol. The summed E-state index contributed by atoms with van der Waals surface area (Å²) in [6.07, 6.45) is 3.26. The van der Waals surface area contributed by atoms with E-state index in [1.54, 1.807) is 6.20 Å². The molecular formula is C20H26N4O4S. The lowest BCUT2D eigenvalue weighted by molar-refractivity contribution is -0.384. The van der Waals surface area contributed by atoms with Crippen LogP contribution in [-0.4, -0.2) is 31.8 Å². The highest BCUT2D eigenvalue weighted by Gasteiger charge is 2.21. The molecule has 0 fully saturated rings.